The first-order chi connectivity index (χ1) is 7.11. The van der Waals surface area contributed by atoms with Crippen molar-refractivity contribution in [1.82, 2.24) is 9.66 Å². The fourth-order valence-electron chi connectivity index (χ4n) is 1.60. The van der Waals surface area contributed by atoms with Crippen LogP contribution in [-0.4, -0.2) is 9.66 Å². The number of anilines is 1. The van der Waals surface area contributed by atoms with E-state index in [2.05, 4.69) is 4.98 Å². The highest BCUT2D eigenvalue weighted by Crippen LogP contribution is 2.27. The Kier molecular flexibility index (Phi) is 2.11. The van der Waals surface area contributed by atoms with Crippen LogP contribution in [0.3, 0.4) is 0 Å². The normalized spacial score (nSPS) is 10.5. The van der Waals surface area contributed by atoms with Gasteiger partial charge in [-0.1, -0.05) is 24.3 Å². The second-order valence-corrected chi connectivity index (χ2v) is 3.58. The van der Waals surface area contributed by atoms with E-state index < -0.39 is 0 Å². The average molecular weight is 202 g/mol. The highest BCUT2D eigenvalue weighted by atomic mass is 15.4. The summed E-state index contributed by atoms with van der Waals surface area (Å²) in [5, 5.41) is 0. The molecule has 4 N–H and O–H groups in total. The first-order valence-electron chi connectivity index (χ1n) is 4.77. The van der Waals surface area contributed by atoms with Gasteiger partial charge >= 0.3 is 0 Å². The van der Waals surface area contributed by atoms with Crippen molar-refractivity contribution in [3.8, 4) is 11.3 Å². The van der Waals surface area contributed by atoms with Gasteiger partial charge in [0, 0.05) is 5.56 Å². The Labute approximate surface area is 88.5 Å². The van der Waals surface area contributed by atoms with Crippen molar-refractivity contribution in [2.75, 3.05) is 11.6 Å². The van der Waals surface area contributed by atoms with Gasteiger partial charge in [0.25, 0.3) is 0 Å². The Morgan fingerprint density at radius 3 is 2.40 bits per heavy atom. The van der Waals surface area contributed by atoms with E-state index in [0.29, 0.717) is 11.6 Å². The van der Waals surface area contributed by atoms with Gasteiger partial charge in [0.05, 0.1) is 0 Å². The zero-order valence-electron chi connectivity index (χ0n) is 8.86. The van der Waals surface area contributed by atoms with Crippen molar-refractivity contribution in [3.05, 3.63) is 35.7 Å². The van der Waals surface area contributed by atoms with Gasteiger partial charge in [-0.05, 0) is 19.4 Å². The van der Waals surface area contributed by atoms with Gasteiger partial charge in [-0.3, -0.25) is 0 Å². The number of nitrogens with zero attached hydrogens (tertiary/aromatic N) is 2. The summed E-state index contributed by atoms with van der Waals surface area (Å²) < 4.78 is 1.40. The summed E-state index contributed by atoms with van der Waals surface area (Å²) in [4.78, 5) is 4.35. The summed E-state index contributed by atoms with van der Waals surface area (Å²) in [5.41, 5.74) is 8.81. The fourth-order valence-corrected chi connectivity index (χ4v) is 1.60. The van der Waals surface area contributed by atoms with Crippen LogP contribution in [0.15, 0.2) is 24.3 Å². The van der Waals surface area contributed by atoms with E-state index in [1.165, 1.54) is 4.68 Å². The molecule has 0 aliphatic carbocycles. The first kappa shape index (κ1) is 9.58. The van der Waals surface area contributed by atoms with Crippen LogP contribution in [-0.2, 0) is 0 Å². The molecular formula is C11H14N4. The minimum atomic E-state index is 0.502. The zero-order chi connectivity index (χ0) is 11.0. The van der Waals surface area contributed by atoms with Crippen LogP contribution in [0, 0.1) is 13.8 Å². The lowest BCUT2D eigenvalue weighted by Gasteiger charge is -2.03. The molecule has 0 unspecified atom stereocenters. The van der Waals surface area contributed by atoms with Crippen LogP contribution < -0.4 is 11.6 Å². The van der Waals surface area contributed by atoms with Crippen molar-refractivity contribution in [2.45, 2.75) is 13.8 Å². The third-order valence-corrected chi connectivity index (χ3v) is 2.52. The molecule has 0 bridgehead atoms. The van der Waals surface area contributed by atoms with Gasteiger partial charge in [0.15, 0.2) is 5.82 Å². The first-order valence-corrected chi connectivity index (χ1v) is 4.77. The molecule has 1 aromatic heterocycles. The second kappa shape index (κ2) is 3.31. The maximum atomic E-state index is 5.88. The Morgan fingerprint density at radius 1 is 1.20 bits per heavy atom. The van der Waals surface area contributed by atoms with Crippen molar-refractivity contribution in [1.29, 1.82) is 0 Å². The lowest BCUT2D eigenvalue weighted by Crippen LogP contribution is -2.13. The Balaban J connectivity index is 2.65. The molecule has 1 heterocycles. The molecule has 0 amide bonds. The molecule has 2 aromatic rings. The van der Waals surface area contributed by atoms with E-state index in [0.717, 1.165) is 16.8 Å². The van der Waals surface area contributed by atoms with E-state index in [4.69, 9.17) is 11.6 Å². The molecule has 0 aliphatic rings. The molecule has 4 nitrogen and oxygen atoms in total. The second-order valence-electron chi connectivity index (χ2n) is 3.58. The number of hydrogen-bond donors (Lipinski definition) is 2. The largest absolute Gasteiger partial charge is 0.382 e. The van der Waals surface area contributed by atoms with Gasteiger partial charge in [0.1, 0.15) is 11.5 Å². The molecular weight excluding hydrogens is 188 g/mol. The van der Waals surface area contributed by atoms with E-state index in [1.807, 2.05) is 38.1 Å². The molecule has 2 rings (SSSR count). The van der Waals surface area contributed by atoms with Gasteiger partial charge in [0.2, 0.25) is 0 Å². The summed E-state index contributed by atoms with van der Waals surface area (Å²) in [5.74, 6) is 6.93. The van der Waals surface area contributed by atoms with Crippen LogP contribution in [0.1, 0.15) is 11.4 Å². The number of nitrogens with two attached hydrogens (primary N) is 2. The number of aromatic nitrogens is 2. The van der Waals surface area contributed by atoms with E-state index >= 15 is 0 Å². The molecule has 0 spiro atoms. The molecule has 0 atom stereocenters. The van der Waals surface area contributed by atoms with Crippen molar-refractivity contribution in [3.63, 3.8) is 0 Å². The number of imidazole rings is 1. The van der Waals surface area contributed by atoms with Gasteiger partial charge < -0.3 is 11.6 Å². The van der Waals surface area contributed by atoms with Gasteiger partial charge in [-0.25, -0.2) is 9.66 Å². The fraction of sp³-hybridized carbons (Fsp3) is 0.182. The molecule has 0 radical (unpaired) electrons. The highest BCUT2D eigenvalue weighted by Gasteiger charge is 2.12. The number of rotatable bonds is 1. The Morgan fingerprint density at radius 2 is 1.87 bits per heavy atom. The summed E-state index contributed by atoms with van der Waals surface area (Å²) in [6.45, 7) is 3.86. The molecule has 15 heavy (non-hydrogen) atoms. The minimum Gasteiger partial charge on any atom is -0.382 e. The third kappa shape index (κ3) is 1.44. The SMILES string of the molecule is Cc1ccccc1-c1nc(C)n(N)c1N. The number of nitrogen functional groups attached to an aromatic ring is 2. The number of aryl methyl sites for hydroxylation is 2. The van der Waals surface area contributed by atoms with Crippen LogP contribution in [0.4, 0.5) is 5.82 Å². The third-order valence-electron chi connectivity index (χ3n) is 2.52. The highest BCUT2D eigenvalue weighted by molar-refractivity contribution is 5.73. The zero-order valence-corrected chi connectivity index (χ0v) is 8.86. The molecule has 0 saturated heterocycles. The minimum absolute atomic E-state index is 0.502. The van der Waals surface area contributed by atoms with Crippen LogP contribution in [0.25, 0.3) is 11.3 Å². The van der Waals surface area contributed by atoms with Crippen molar-refractivity contribution >= 4 is 5.82 Å². The van der Waals surface area contributed by atoms with E-state index in [-0.39, 0.29) is 0 Å². The summed E-state index contributed by atoms with van der Waals surface area (Å²) >= 11 is 0. The van der Waals surface area contributed by atoms with E-state index in [9.17, 15) is 0 Å². The number of hydrogen-bond acceptors (Lipinski definition) is 3. The van der Waals surface area contributed by atoms with Crippen LogP contribution in [0.5, 0.6) is 0 Å². The van der Waals surface area contributed by atoms with Crippen molar-refractivity contribution in [2.24, 2.45) is 0 Å². The topological polar surface area (TPSA) is 69.9 Å². The van der Waals surface area contributed by atoms with Gasteiger partial charge in [-0.15, -0.1) is 0 Å². The molecule has 4 heteroatoms. The molecule has 1 aromatic carbocycles. The lowest BCUT2D eigenvalue weighted by molar-refractivity contribution is 0.937. The van der Waals surface area contributed by atoms with E-state index in [1.54, 1.807) is 0 Å². The Bertz CT molecular complexity index is 499. The smallest absolute Gasteiger partial charge is 0.150 e. The summed E-state index contributed by atoms with van der Waals surface area (Å²) in [6, 6.07) is 7.97. The van der Waals surface area contributed by atoms with Crippen LogP contribution in [0.2, 0.25) is 0 Å². The molecule has 0 fully saturated rings. The standard InChI is InChI=1S/C11H14N4/c1-7-5-3-4-6-9(7)10-11(12)15(13)8(2)14-10/h3-6H,12-13H2,1-2H3. The van der Waals surface area contributed by atoms with Gasteiger partial charge in [-0.2, -0.15) is 0 Å². The maximum absolute atomic E-state index is 5.88. The predicted octanol–water partition coefficient (Wildman–Crippen LogP) is 1.46. The van der Waals surface area contributed by atoms with Crippen molar-refractivity contribution < 1.29 is 0 Å². The quantitative estimate of drug-likeness (QED) is 0.688. The summed E-state index contributed by atoms with van der Waals surface area (Å²) in [6.07, 6.45) is 0. The maximum Gasteiger partial charge on any atom is 0.150 e. The molecule has 0 aliphatic heterocycles. The lowest BCUT2D eigenvalue weighted by atomic mass is 10.1. The molecule has 0 saturated carbocycles. The average Bonchev–Trinajstić information content (AvgIpc) is 2.47. The Hall–Kier alpha value is -1.97. The van der Waals surface area contributed by atoms with Crippen LogP contribution >= 0.6 is 0 Å². The predicted molar refractivity (Wildman–Crippen MR) is 61.7 cm³/mol. The monoisotopic (exact) mass is 202 g/mol. The molecule has 78 valence electrons. The number of benzene rings is 1. The summed E-state index contributed by atoms with van der Waals surface area (Å²) in [7, 11) is 0.